The number of aromatic nitrogens is 1. The van der Waals surface area contributed by atoms with Crippen LogP contribution in [0.15, 0.2) is 12.1 Å². The molecule has 0 atom stereocenters. The molecule has 3 heterocycles. The summed E-state index contributed by atoms with van der Waals surface area (Å²) >= 11 is 8.45. The van der Waals surface area contributed by atoms with Crippen molar-refractivity contribution in [2.75, 3.05) is 12.3 Å². The van der Waals surface area contributed by atoms with E-state index in [9.17, 15) is 0 Å². The van der Waals surface area contributed by atoms with Gasteiger partial charge in [-0.1, -0.05) is 11.6 Å². The highest BCUT2D eigenvalue weighted by molar-refractivity contribution is 7.98. The highest BCUT2D eigenvalue weighted by Gasteiger charge is 2.34. The van der Waals surface area contributed by atoms with E-state index in [4.69, 9.17) is 11.6 Å². The minimum atomic E-state index is 0. The standard InChI is InChI=1S/C17H19ClN2S.ClH/c18-12-7-11-10-21-6-5-20-16-3-4-19(13-1-2-13)9-15(16)14(8-12)17(11)20;/h7-8,13H,1-6,9-10H2;1H. The molecule has 0 amide bonds. The maximum Gasteiger partial charge on any atom is 0.0528 e. The molecule has 0 unspecified atom stereocenters. The van der Waals surface area contributed by atoms with Gasteiger partial charge in [-0.05, 0) is 36.1 Å². The highest BCUT2D eigenvalue weighted by atomic mass is 35.5. The molecule has 0 spiro atoms. The van der Waals surface area contributed by atoms with E-state index < -0.39 is 0 Å². The van der Waals surface area contributed by atoms with Crippen LogP contribution in [-0.2, 0) is 25.3 Å². The third-order valence-corrected chi connectivity index (χ3v) is 6.40. The number of rotatable bonds is 1. The van der Waals surface area contributed by atoms with Crippen LogP contribution < -0.4 is 0 Å². The average Bonchev–Trinajstić information content (AvgIpc) is 3.29. The molecule has 2 nitrogen and oxygen atoms in total. The fourth-order valence-corrected chi connectivity index (χ4v) is 5.23. The Kier molecular flexibility index (Phi) is 3.88. The summed E-state index contributed by atoms with van der Waals surface area (Å²) in [6.45, 7) is 3.54. The molecule has 22 heavy (non-hydrogen) atoms. The van der Waals surface area contributed by atoms with Crippen LogP contribution in [0.4, 0.5) is 0 Å². The lowest BCUT2D eigenvalue weighted by Gasteiger charge is -2.28. The van der Waals surface area contributed by atoms with Gasteiger partial charge in [0.25, 0.3) is 0 Å². The molecule has 1 fully saturated rings. The smallest absolute Gasteiger partial charge is 0.0528 e. The second-order valence-corrected chi connectivity index (χ2v) is 8.08. The van der Waals surface area contributed by atoms with E-state index in [2.05, 4.69) is 21.6 Å². The first-order valence-electron chi connectivity index (χ1n) is 7.95. The van der Waals surface area contributed by atoms with Crippen LogP contribution in [0, 0.1) is 0 Å². The van der Waals surface area contributed by atoms with Crippen molar-refractivity contribution < 1.29 is 0 Å². The molecule has 5 rings (SSSR count). The van der Waals surface area contributed by atoms with Crippen molar-refractivity contribution in [3.8, 4) is 0 Å². The molecular weight excluding hydrogens is 335 g/mol. The van der Waals surface area contributed by atoms with Gasteiger partial charge in [-0.3, -0.25) is 4.90 Å². The predicted molar refractivity (Wildman–Crippen MR) is 97.5 cm³/mol. The number of benzene rings is 1. The topological polar surface area (TPSA) is 8.17 Å². The van der Waals surface area contributed by atoms with Crippen molar-refractivity contribution in [1.82, 2.24) is 9.47 Å². The molecule has 0 bridgehead atoms. The SMILES string of the molecule is Cl.Clc1cc2c3c(c1)c1c(n3CCSC2)CCN(C2CC2)C1. The Labute approximate surface area is 146 Å². The lowest BCUT2D eigenvalue weighted by molar-refractivity contribution is 0.242. The molecule has 3 aliphatic rings. The minimum Gasteiger partial charge on any atom is -0.343 e. The Morgan fingerprint density at radius 1 is 1.18 bits per heavy atom. The summed E-state index contributed by atoms with van der Waals surface area (Å²) in [5.74, 6) is 2.32. The van der Waals surface area contributed by atoms with E-state index in [1.54, 1.807) is 11.3 Å². The lowest BCUT2D eigenvalue weighted by Crippen LogP contribution is -2.32. The summed E-state index contributed by atoms with van der Waals surface area (Å²) in [5.41, 5.74) is 6.08. The van der Waals surface area contributed by atoms with Crippen molar-refractivity contribution in [3.05, 3.63) is 34.0 Å². The van der Waals surface area contributed by atoms with Crippen molar-refractivity contribution in [2.45, 2.75) is 44.1 Å². The van der Waals surface area contributed by atoms with E-state index in [1.807, 2.05) is 11.8 Å². The van der Waals surface area contributed by atoms with Gasteiger partial charge in [0.05, 0.1) is 5.52 Å². The zero-order chi connectivity index (χ0) is 14.0. The van der Waals surface area contributed by atoms with Crippen LogP contribution in [0.25, 0.3) is 10.9 Å². The van der Waals surface area contributed by atoms with Crippen molar-refractivity contribution in [1.29, 1.82) is 0 Å². The van der Waals surface area contributed by atoms with E-state index in [-0.39, 0.29) is 12.4 Å². The van der Waals surface area contributed by atoms with E-state index in [0.717, 1.165) is 29.9 Å². The quantitative estimate of drug-likeness (QED) is 0.745. The van der Waals surface area contributed by atoms with Crippen LogP contribution in [0.2, 0.25) is 5.02 Å². The molecule has 0 radical (unpaired) electrons. The molecule has 1 aromatic heterocycles. The minimum absolute atomic E-state index is 0. The predicted octanol–water partition coefficient (Wildman–Crippen LogP) is 4.48. The van der Waals surface area contributed by atoms with Gasteiger partial charge in [0.15, 0.2) is 0 Å². The van der Waals surface area contributed by atoms with Gasteiger partial charge in [0.2, 0.25) is 0 Å². The maximum absolute atomic E-state index is 6.41. The summed E-state index contributed by atoms with van der Waals surface area (Å²) in [5, 5.41) is 2.34. The first-order valence-corrected chi connectivity index (χ1v) is 9.48. The molecule has 2 aromatic rings. The molecular formula is C17H20Cl2N2S. The molecule has 118 valence electrons. The summed E-state index contributed by atoms with van der Waals surface area (Å²) < 4.78 is 2.61. The molecule has 0 N–H and O–H groups in total. The third-order valence-electron chi connectivity index (χ3n) is 5.20. The van der Waals surface area contributed by atoms with E-state index >= 15 is 0 Å². The molecule has 5 heteroatoms. The summed E-state index contributed by atoms with van der Waals surface area (Å²) in [7, 11) is 0. The van der Waals surface area contributed by atoms with Crippen LogP contribution in [-0.4, -0.2) is 27.8 Å². The Balaban J connectivity index is 0.00000125. The summed E-state index contributed by atoms with van der Waals surface area (Å²) in [6.07, 6.45) is 4.01. The monoisotopic (exact) mass is 354 g/mol. The van der Waals surface area contributed by atoms with Crippen molar-refractivity contribution >= 4 is 46.7 Å². The van der Waals surface area contributed by atoms with Gasteiger partial charge in [-0.25, -0.2) is 0 Å². The van der Waals surface area contributed by atoms with Crippen molar-refractivity contribution in [2.24, 2.45) is 0 Å². The second kappa shape index (κ2) is 5.62. The number of halogens is 2. The Bertz CT molecular complexity index is 736. The Morgan fingerprint density at radius 2 is 2.05 bits per heavy atom. The summed E-state index contributed by atoms with van der Waals surface area (Å²) in [4.78, 5) is 2.69. The molecule has 1 aliphatic carbocycles. The molecule has 1 aromatic carbocycles. The Morgan fingerprint density at radius 3 is 2.86 bits per heavy atom. The maximum atomic E-state index is 6.41. The number of hydrogen-bond acceptors (Lipinski definition) is 2. The van der Waals surface area contributed by atoms with E-state index in [0.29, 0.717) is 0 Å². The average molecular weight is 355 g/mol. The second-order valence-electron chi connectivity index (χ2n) is 6.54. The van der Waals surface area contributed by atoms with Gasteiger partial charge in [0, 0.05) is 59.7 Å². The first-order chi connectivity index (χ1) is 10.3. The number of thioether (sulfide) groups is 1. The number of fused-ring (bicyclic) bond motifs is 3. The van der Waals surface area contributed by atoms with Gasteiger partial charge in [0.1, 0.15) is 0 Å². The van der Waals surface area contributed by atoms with E-state index in [1.165, 1.54) is 48.0 Å². The first kappa shape index (κ1) is 15.2. The summed E-state index contributed by atoms with van der Waals surface area (Å²) in [6, 6.07) is 5.25. The molecule has 1 saturated carbocycles. The zero-order valence-electron chi connectivity index (χ0n) is 12.5. The molecule has 0 saturated heterocycles. The van der Waals surface area contributed by atoms with Crippen LogP contribution in [0.5, 0.6) is 0 Å². The van der Waals surface area contributed by atoms with Gasteiger partial charge >= 0.3 is 0 Å². The normalized spacial score (nSPS) is 21.3. The highest BCUT2D eigenvalue weighted by Crippen LogP contribution is 2.40. The third kappa shape index (κ3) is 2.29. The fourth-order valence-electron chi connectivity index (χ4n) is 4.10. The van der Waals surface area contributed by atoms with Gasteiger partial charge in [-0.2, -0.15) is 11.8 Å². The van der Waals surface area contributed by atoms with Crippen molar-refractivity contribution in [3.63, 3.8) is 0 Å². The lowest BCUT2D eigenvalue weighted by atomic mass is 10.0. The molecule has 2 aliphatic heterocycles. The largest absolute Gasteiger partial charge is 0.343 e. The van der Waals surface area contributed by atoms with Gasteiger partial charge < -0.3 is 4.57 Å². The van der Waals surface area contributed by atoms with Crippen LogP contribution in [0.1, 0.15) is 29.7 Å². The van der Waals surface area contributed by atoms with Crippen LogP contribution in [0.3, 0.4) is 0 Å². The zero-order valence-corrected chi connectivity index (χ0v) is 14.9. The number of hydrogen-bond donors (Lipinski definition) is 0. The number of nitrogens with zero attached hydrogens (tertiary/aromatic N) is 2. The van der Waals surface area contributed by atoms with Gasteiger partial charge in [-0.15, -0.1) is 12.4 Å². The number of aryl methyl sites for hydroxylation is 1. The Hall–Kier alpha value is -0.350. The van der Waals surface area contributed by atoms with Crippen LogP contribution >= 0.6 is 35.8 Å². The fraction of sp³-hybridized carbons (Fsp3) is 0.529.